The minimum atomic E-state index is -0.215. The average molecular weight is 188 g/mol. The summed E-state index contributed by atoms with van der Waals surface area (Å²) < 4.78 is 0. The molecule has 3 unspecified atom stereocenters. The Hall–Kier alpha value is -0.820. The largest absolute Gasteiger partial charge is 0.388 e. The van der Waals surface area contributed by atoms with E-state index in [1.54, 1.807) is 0 Å². The van der Waals surface area contributed by atoms with Gasteiger partial charge in [-0.1, -0.05) is 25.1 Å². The van der Waals surface area contributed by atoms with Gasteiger partial charge in [0.05, 0.1) is 6.10 Å². The number of rotatable bonds is 0. The number of hydrogen-bond acceptors (Lipinski definition) is 1. The summed E-state index contributed by atoms with van der Waals surface area (Å²) in [5.41, 5.74) is 4.18. The van der Waals surface area contributed by atoms with Gasteiger partial charge in [0, 0.05) is 0 Å². The second kappa shape index (κ2) is 2.83. The molecule has 0 spiro atoms. The Balaban J connectivity index is 2.22. The van der Waals surface area contributed by atoms with Gasteiger partial charge in [-0.2, -0.15) is 0 Å². The molecular weight excluding hydrogens is 172 g/mol. The lowest BCUT2D eigenvalue weighted by Crippen LogP contribution is -2.12. The van der Waals surface area contributed by atoms with Crippen molar-refractivity contribution < 1.29 is 5.11 Å². The van der Waals surface area contributed by atoms with Crippen LogP contribution >= 0.6 is 0 Å². The summed E-state index contributed by atoms with van der Waals surface area (Å²) in [6, 6.07) is 6.43. The molecule has 0 heterocycles. The van der Waals surface area contributed by atoms with E-state index in [1.807, 2.05) is 0 Å². The van der Waals surface area contributed by atoms with Crippen LogP contribution in [-0.4, -0.2) is 5.11 Å². The first-order valence-corrected chi connectivity index (χ1v) is 5.59. The van der Waals surface area contributed by atoms with Crippen molar-refractivity contribution in [2.24, 2.45) is 5.92 Å². The Bertz CT molecular complexity index is 369. The van der Waals surface area contributed by atoms with Gasteiger partial charge in [-0.15, -0.1) is 0 Å². The molecule has 1 heteroatoms. The molecule has 74 valence electrons. The van der Waals surface area contributed by atoms with Crippen molar-refractivity contribution in [1.82, 2.24) is 0 Å². The molecule has 3 atom stereocenters. The molecule has 0 amide bonds. The fourth-order valence-electron chi connectivity index (χ4n) is 3.25. The van der Waals surface area contributed by atoms with Gasteiger partial charge in [0.15, 0.2) is 0 Å². The highest BCUT2D eigenvalue weighted by atomic mass is 16.3. The number of aliphatic hydroxyl groups excluding tert-OH is 1. The number of aliphatic hydroxyl groups is 1. The molecule has 0 saturated carbocycles. The van der Waals surface area contributed by atoms with E-state index in [9.17, 15) is 5.11 Å². The van der Waals surface area contributed by atoms with Crippen molar-refractivity contribution in [3.05, 3.63) is 34.9 Å². The van der Waals surface area contributed by atoms with Crippen molar-refractivity contribution in [3.8, 4) is 0 Å². The zero-order valence-electron chi connectivity index (χ0n) is 8.53. The van der Waals surface area contributed by atoms with Crippen LogP contribution in [0.4, 0.5) is 0 Å². The quantitative estimate of drug-likeness (QED) is 0.663. The molecule has 0 fully saturated rings. The van der Waals surface area contributed by atoms with Gasteiger partial charge >= 0.3 is 0 Å². The van der Waals surface area contributed by atoms with Crippen LogP contribution < -0.4 is 0 Å². The van der Waals surface area contributed by atoms with E-state index in [0.29, 0.717) is 11.8 Å². The Morgan fingerprint density at radius 3 is 3.07 bits per heavy atom. The zero-order valence-corrected chi connectivity index (χ0v) is 8.53. The molecule has 0 aliphatic heterocycles. The van der Waals surface area contributed by atoms with Crippen LogP contribution in [0, 0.1) is 5.92 Å². The van der Waals surface area contributed by atoms with E-state index in [4.69, 9.17) is 0 Å². The highest BCUT2D eigenvalue weighted by Gasteiger charge is 2.39. The molecule has 14 heavy (non-hydrogen) atoms. The van der Waals surface area contributed by atoms with Crippen molar-refractivity contribution in [2.75, 3.05) is 0 Å². The molecule has 3 rings (SSSR count). The van der Waals surface area contributed by atoms with Crippen molar-refractivity contribution in [3.63, 3.8) is 0 Å². The maximum Gasteiger partial charge on any atom is 0.0824 e. The lowest BCUT2D eigenvalue weighted by molar-refractivity contribution is 0.118. The molecule has 1 nitrogen and oxygen atoms in total. The minimum Gasteiger partial charge on any atom is -0.388 e. The Morgan fingerprint density at radius 1 is 1.36 bits per heavy atom. The second-order valence-electron chi connectivity index (χ2n) is 4.72. The highest BCUT2D eigenvalue weighted by molar-refractivity contribution is 5.45. The maximum atomic E-state index is 10.1. The SMILES string of the molecule is CC1C(O)c2cccc3c2C1CCC3. The zero-order chi connectivity index (χ0) is 9.71. The molecule has 1 N–H and O–H groups in total. The van der Waals surface area contributed by atoms with Crippen molar-refractivity contribution in [1.29, 1.82) is 0 Å². The Morgan fingerprint density at radius 2 is 2.21 bits per heavy atom. The van der Waals surface area contributed by atoms with E-state index in [0.717, 1.165) is 0 Å². The highest BCUT2D eigenvalue weighted by Crippen LogP contribution is 2.50. The topological polar surface area (TPSA) is 20.2 Å². The standard InChI is InChI=1S/C13H16O/c1-8-10-6-2-4-9-5-3-7-11(12(9)10)13(8)14/h3,5,7-8,10,13-14H,2,4,6H2,1H3. The number of hydrogen-bond donors (Lipinski definition) is 1. The monoisotopic (exact) mass is 188 g/mol. The van der Waals surface area contributed by atoms with Gasteiger partial charge in [-0.25, -0.2) is 0 Å². The Labute approximate surface area is 84.8 Å². The second-order valence-corrected chi connectivity index (χ2v) is 4.72. The molecular formula is C13H16O. The summed E-state index contributed by atoms with van der Waals surface area (Å²) in [7, 11) is 0. The predicted molar refractivity (Wildman–Crippen MR) is 56.2 cm³/mol. The first-order chi connectivity index (χ1) is 6.79. The molecule has 2 aliphatic rings. The van der Waals surface area contributed by atoms with E-state index in [-0.39, 0.29) is 6.10 Å². The number of benzene rings is 1. The van der Waals surface area contributed by atoms with E-state index >= 15 is 0 Å². The van der Waals surface area contributed by atoms with Crippen molar-refractivity contribution in [2.45, 2.75) is 38.2 Å². The molecule has 1 aromatic rings. The van der Waals surface area contributed by atoms with Crippen LogP contribution in [0.2, 0.25) is 0 Å². The van der Waals surface area contributed by atoms with Gasteiger partial charge in [0.2, 0.25) is 0 Å². The molecule has 0 saturated heterocycles. The molecule has 0 radical (unpaired) electrons. The first-order valence-electron chi connectivity index (χ1n) is 5.59. The average Bonchev–Trinajstić information content (AvgIpc) is 2.47. The van der Waals surface area contributed by atoms with Crippen LogP contribution in [0.1, 0.15) is 48.5 Å². The smallest absolute Gasteiger partial charge is 0.0824 e. The lowest BCUT2D eigenvalue weighted by Gasteiger charge is -2.24. The van der Waals surface area contributed by atoms with Crippen molar-refractivity contribution >= 4 is 0 Å². The van der Waals surface area contributed by atoms with Crippen LogP contribution in [0.25, 0.3) is 0 Å². The van der Waals surface area contributed by atoms with E-state index < -0.39 is 0 Å². The van der Waals surface area contributed by atoms with Gasteiger partial charge < -0.3 is 5.11 Å². The normalized spacial score (nSPS) is 34.3. The van der Waals surface area contributed by atoms with Gasteiger partial charge in [0.25, 0.3) is 0 Å². The van der Waals surface area contributed by atoms with Gasteiger partial charge in [0.1, 0.15) is 0 Å². The lowest BCUT2D eigenvalue weighted by atomic mass is 9.81. The molecule has 0 aromatic heterocycles. The summed E-state index contributed by atoms with van der Waals surface area (Å²) >= 11 is 0. The molecule has 1 aromatic carbocycles. The van der Waals surface area contributed by atoms with Crippen LogP contribution in [0.15, 0.2) is 18.2 Å². The predicted octanol–water partition coefficient (Wildman–Crippen LogP) is 2.79. The van der Waals surface area contributed by atoms with E-state index in [1.165, 1.54) is 36.0 Å². The van der Waals surface area contributed by atoms with Crippen LogP contribution in [0.5, 0.6) is 0 Å². The fraction of sp³-hybridized carbons (Fsp3) is 0.538. The summed E-state index contributed by atoms with van der Waals surface area (Å²) in [6.07, 6.45) is 3.55. The third-order valence-electron chi connectivity index (χ3n) is 4.01. The van der Waals surface area contributed by atoms with Crippen LogP contribution in [-0.2, 0) is 6.42 Å². The number of aryl methyl sites for hydroxylation is 1. The van der Waals surface area contributed by atoms with E-state index in [2.05, 4.69) is 25.1 Å². The summed E-state index contributed by atoms with van der Waals surface area (Å²) in [5.74, 6) is 1.05. The molecule has 2 aliphatic carbocycles. The minimum absolute atomic E-state index is 0.215. The molecule has 0 bridgehead atoms. The summed E-state index contributed by atoms with van der Waals surface area (Å²) in [4.78, 5) is 0. The third-order valence-corrected chi connectivity index (χ3v) is 4.01. The first kappa shape index (κ1) is 8.49. The fourth-order valence-corrected chi connectivity index (χ4v) is 3.25. The van der Waals surface area contributed by atoms with Crippen LogP contribution in [0.3, 0.4) is 0 Å². The Kier molecular flexibility index (Phi) is 1.72. The van der Waals surface area contributed by atoms with Gasteiger partial charge in [-0.05, 0) is 47.8 Å². The van der Waals surface area contributed by atoms with Gasteiger partial charge in [-0.3, -0.25) is 0 Å². The summed E-state index contributed by atoms with van der Waals surface area (Å²) in [5, 5.41) is 10.1. The summed E-state index contributed by atoms with van der Waals surface area (Å²) in [6.45, 7) is 2.18. The third kappa shape index (κ3) is 0.936. The maximum absolute atomic E-state index is 10.1.